The number of hydrogen-bond donors (Lipinski definition) is 2. The van der Waals surface area contributed by atoms with Crippen LogP contribution < -0.4 is 11.1 Å². The monoisotopic (exact) mass is 293 g/mol. The predicted molar refractivity (Wildman–Crippen MR) is 79.0 cm³/mol. The van der Waals surface area contributed by atoms with Crippen LogP contribution in [0.15, 0.2) is 18.2 Å². The highest BCUT2D eigenvalue weighted by Crippen LogP contribution is 2.24. The first-order chi connectivity index (χ1) is 9.86. The number of nitrogen functional groups attached to an aromatic ring is 1. The molecule has 5 nitrogen and oxygen atoms in total. The molecule has 1 aromatic rings. The van der Waals surface area contributed by atoms with E-state index in [1.165, 1.54) is 23.1 Å². The second kappa shape index (κ2) is 6.11. The van der Waals surface area contributed by atoms with E-state index < -0.39 is 11.7 Å². The van der Waals surface area contributed by atoms with Gasteiger partial charge < -0.3 is 16.0 Å². The normalized spacial score (nSPS) is 18.4. The van der Waals surface area contributed by atoms with Crippen molar-refractivity contribution in [1.29, 1.82) is 0 Å². The van der Waals surface area contributed by atoms with Crippen molar-refractivity contribution in [2.45, 2.75) is 20.3 Å². The van der Waals surface area contributed by atoms with Crippen LogP contribution >= 0.6 is 0 Å². The molecule has 0 bridgehead atoms. The number of carbonyl (C=O) groups excluding carboxylic acids is 2. The molecule has 1 aliphatic rings. The Kier molecular flexibility index (Phi) is 4.45. The highest BCUT2D eigenvalue weighted by Gasteiger charge is 2.32. The average Bonchev–Trinajstić information content (AvgIpc) is 2.75. The Morgan fingerprint density at radius 2 is 2.24 bits per heavy atom. The lowest BCUT2D eigenvalue weighted by atomic mass is 9.95. The van der Waals surface area contributed by atoms with E-state index in [1.54, 1.807) is 0 Å². The van der Waals surface area contributed by atoms with Gasteiger partial charge in [0.25, 0.3) is 0 Å². The zero-order valence-electron chi connectivity index (χ0n) is 12.2. The second-order valence-electron chi connectivity index (χ2n) is 5.77. The highest BCUT2D eigenvalue weighted by atomic mass is 19.1. The van der Waals surface area contributed by atoms with Gasteiger partial charge in [0, 0.05) is 18.7 Å². The molecule has 6 heteroatoms. The number of halogens is 1. The summed E-state index contributed by atoms with van der Waals surface area (Å²) in [4.78, 5) is 25.3. The maximum Gasteiger partial charge on any atom is 0.244 e. The van der Waals surface area contributed by atoms with Gasteiger partial charge in [0.1, 0.15) is 5.82 Å². The first-order valence-corrected chi connectivity index (χ1v) is 6.99. The lowest BCUT2D eigenvalue weighted by Gasteiger charge is -2.17. The van der Waals surface area contributed by atoms with Crippen molar-refractivity contribution in [2.24, 2.45) is 11.8 Å². The fourth-order valence-electron chi connectivity index (χ4n) is 2.40. The zero-order valence-corrected chi connectivity index (χ0v) is 12.2. The van der Waals surface area contributed by atoms with Crippen molar-refractivity contribution in [3.63, 3.8) is 0 Å². The number of hydrogen-bond acceptors (Lipinski definition) is 3. The van der Waals surface area contributed by atoms with Gasteiger partial charge >= 0.3 is 0 Å². The van der Waals surface area contributed by atoms with Crippen molar-refractivity contribution in [2.75, 3.05) is 24.1 Å². The Labute approximate surface area is 123 Å². The van der Waals surface area contributed by atoms with Gasteiger partial charge in [0.2, 0.25) is 11.8 Å². The molecule has 0 radical (unpaired) electrons. The summed E-state index contributed by atoms with van der Waals surface area (Å²) in [6.07, 6.45) is 0.470. The minimum Gasteiger partial charge on any atom is -0.399 e. The quantitative estimate of drug-likeness (QED) is 0.832. The molecule has 2 amide bonds. The topological polar surface area (TPSA) is 75.4 Å². The zero-order chi connectivity index (χ0) is 15.6. The summed E-state index contributed by atoms with van der Waals surface area (Å²) in [6, 6.07) is 3.97. The van der Waals surface area contributed by atoms with Crippen LogP contribution in [0.2, 0.25) is 0 Å². The van der Waals surface area contributed by atoms with E-state index in [-0.39, 0.29) is 24.1 Å². The summed E-state index contributed by atoms with van der Waals surface area (Å²) in [6.45, 7) is 4.63. The van der Waals surface area contributed by atoms with Crippen molar-refractivity contribution in [3.8, 4) is 0 Å². The molecule has 21 heavy (non-hydrogen) atoms. The lowest BCUT2D eigenvalue weighted by molar-refractivity contribution is -0.131. The van der Waals surface area contributed by atoms with Crippen molar-refractivity contribution in [1.82, 2.24) is 4.90 Å². The van der Waals surface area contributed by atoms with Crippen LogP contribution in [0.4, 0.5) is 15.8 Å². The molecular formula is C15H20FN3O2. The van der Waals surface area contributed by atoms with Gasteiger partial charge in [-0.05, 0) is 30.0 Å². The molecule has 1 fully saturated rings. The van der Waals surface area contributed by atoms with Crippen molar-refractivity contribution >= 4 is 23.2 Å². The molecule has 2 rings (SSSR count). The largest absolute Gasteiger partial charge is 0.399 e. The van der Waals surface area contributed by atoms with E-state index >= 15 is 0 Å². The molecule has 0 spiro atoms. The Hall–Kier alpha value is -2.11. The summed E-state index contributed by atoms with van der Waals surface area (Å²) in [5.74, 6) is -0.331. The molecule has 1 heterocycles. The highest BCUT2D eigenvalue weighted by molar-refractivity contribution is 5.95. The van der Waals surface area contributed by atoms with Gasteiger partial charge in [0.15, 0.2) is 0 Å². The molecule has 1 unspecified atom stereocenters. The van der Waals surface area contributed by atoms with E-state index in [0.717, 1.165) is 0 Å². The van der Waals surface area contributed by atoms with Crippen molar-refractivity contribution in [3.05, 3.63) is 24.0 Å². The third kappa shape index (κ3) is 3.71. The molecule has 1 aliphatic heterocycles. The number of likely N-dealkylation sites (tertiary alicyclic amines) is 1. The summed E-state index contributed by atoms with van der Waals surface area (Å²) in [5.41, 5.74) is 5.96. The molecule has 1 aromatic carbocycles. The number of nitrogens with one attached hydrogen (secondary N) is 1. The fraction of sp³-hybridized carbons (Fsp3) is 0.467. The van der Waals surface area contributed by atoms with E-state index in [2.05, 4.69) is 19.2 Å². The van der Waals surface area contributed by atoms with Gasteiger partial charge in [-0.2, -0.15) is 0 Å². The van der Waals surface area contributed by atoms with Crippen LogP contribution in [0.3, 0.4) is 0 Å². The number of amides is 2. The van der Waals surface area contributed by atoms with Crippen LogP contribution in [-0.4, -0.2) is 29.8 Å². The summed E-state index contributed by atoms with van der Waals surface area (Å²) in [7, 11) is 0. The van der Waals surface area contributed by atoms with Gasteiger partial charge in [-0.25, -0.2) is 4.39 Å². The molecule has 0 saturated carbocycles. The standard InChI is InChI=1S/C15H20FN3O2/c1-9(2)10-5-15(21)19(7-10)8-14(20)18-13-6-11(17)3-4-12(13)16/h3-4,6,9-10H,5,7-8,17H2,1-2H3,(H,18,20). The van der Waals surface area contributed by atoms with Crippen LogP contribution in [0, 0.1) is 17.7 Å². The van der Waals surface area contributed by atoms with E-state index in [4.69, 9.17) is 5.73 Å². The third-order valence-electron chi connectivity index (χ3n) is 3.79. The molecule has 1 saturated heterocycles. The number of rotatable bonds is 4. The van der Waals surface area contributed by atoms with Crippen LogP contribution in [0.1, 0.15) is 20.3 Å². The molecule has 0 aromatic heterocycles. The Bertz CT molecular complexity index is 560. The fourth-order valence-corrected chi connectivity index (χ4v) is 2.40. The molecule has 1 atom stereocenters. The predicted octanol–water partition coefficient (Wildman–Crippen LogP) is 1.85. The third-order valence-corrected chi connectivity index (χ3v) is 3.79. The summed E-state index contributed by atoms with van der Waals surface area (Å²) < 4.78 is 13.5. The number of anilines is 2. The molecular weight excluding hydrogens is 273 g/mol. The van der Waals surface area contributed by atoms with Crippen LogP contribution in [-0.2, 0) is 9.59 Å². The average molecular weight is 293 g/mol. The smallest absolute Gasteiger partial charge is 0.244 e. The molecule has 0 aliphatic carbocycles. The first-order valence-electron chi connectivity index (χ1n) is 6.99. The van der Waals surface area contributed by atoms with Crippen molar-refractivity contribution < 1.29 is 14.0 Å². The van der Waals surface area contributed by atoms with Gasteiger partial charge in [-0.1, -0.05) is 13.8 Å². The van der Waals surface area contributed by atoms with Crippen LogP contribution in [0.25, 0.3) is 0 Å². The first kappa shape index (κ1) is 15.3. The minimum absolute atomic E-state index is 0.0307. The molecule has 114 valence electrons. The van der Waals surface area contributed by atoms with E-state index in [9.17, 15) is 14.0 Å². The Morgan fingerprint density at radius 1 is 1.52 bits per heavy atom. The number of carbonyl (C=O) groups is 2. The lowest BCUT2D eigenvalue weighted by Crippen LogP contribution is -2.34. The maximum absolute atomic E-state index is 13.5. The number of nitrogens with two attached hydrogens (primary N) is 1. The van der Waals surface area contributed by atoms with Gasteiger partial charge in [-0.15, -0.1) is 0 Å². The van der Waals surface area contributed by atoms with Crippen LogP contribution in [0.5, 0.6) is 0 Å². The number of benzene rings is 1. The summed E-state index contributed by atoms with van der Waals surface area (Å²) >= 11 is 0. The van der Waals surface area contributed by atoms with E-state index in [1.807, 2.05) is 0 Å². The second-order valence-corrected chi connectivity index (χ2v) is 5.77. The Morgan fingerprint density at radius 3 is 2.86 bits per heavy atom. The minimum atomic E-state index is -0.551. The van der Waals surface area contributed by atoms with Gasteiger partial charge in [-0.3, -0.25) is 9.59 Å². The number of nitrogens with zero attached hydrogens (tertiary/aromatic N) is 1. The Balaban J connectivity index is 1.96. The van der Waals surface area contributed by atoms with E-state index in [0.29, 0.717) is 24.6 Å². The molecule has 3 N–H and O–H groups in total. The maximum atomic E-state index is 13.5. The SMILES string of the molecule is CC(C)C1CC(=O)N(CC(=O)Nc2cc(N)ccc2F)C1. The summed E-state index contributed by atoms with van der Waals surface area (Å²) in [5, 5.41) is 2.45. The van der Waals surface area contributed by atoms with Gasteiger partial charge in [0.05, 0.1) is 12.2 Å².